The maximum Gasteiger partial charge on any atom is 0.325 e. The van der Waals surface area contributed by atoms with Gasteiger partial charge in [0.1, 0.15) is 24.1 Å². The molecule has 1 unspecified atom stereocenters. The summed E-state index contributed by atoms with van der Waals surface area (Å²) in [4.78, 5) is 41.7. The molecule has 0 aliphatic carbocycles. The molecule has 0 bridgehead atoms. The molecule has 0 saturated carbocycles. The summed E-state index contributed by atoms with van der Waals surface area (Å²) in [5.41, 5.74) is 2.31. The zero-order valence-electron chi connectivity index (χ0n) is 17.1. The summed E-state index contributed by atoms with van der Waals surface area (Å²) in [6.07, 6.45) is 2.16. The SMILES string of the molecule is COc1cc(NC(=O)CN2C(=O)NC(Cc3c[nH]c4ccccc34)C2=O)cc(OC)c1. The summed E-state index contributed by atoms with van der Waals surface area (Å²) < 4.78 is 10.4. The lowest BCUT2D eigenvalue weighted by atomic mass is 10.1. The highest BCUT2D eigenvalue weighted by Gasteiger charge is 2.39. The number of nitrogens with one attached hydrogen (secondary N) is 3. The molecule has 4 rings (SSSR count). The number of para-hydroxylation sites is 1. The second kappa shape index (κ2) is 8.39. The van der Waals surface area contributed by atoms with Crippen molar-refractivity contribution in [2.24, 2.45) is 0 Å². The Morgan fingerprint density at radius 2 is 1.81 bits per heavy atom. The molecule has 1 saturated heterocycles. The van der Waals surface area contributed by atoms with Crippen LogP contribution in [0, 0.1) is 0 Å². The number of fused-ring (bicyclic) bond motifs is 1. The van der Waals surface area contributed by atoms with E-state index in [2.05, 4.69) is 15.6 Å². The van der Waals surface area contributed by atoms with Crippen molar-refractivity contribution in [2.75, 3.05) is 26.1 Å². The second-order valence-corrected chi connectivity index (χ2v) is 7.14. The smallest absolute Gasteiger partial charge is 0.325 e. The Hall–Kier alpha value is -4.01. The van der Waals surface area contributed by atoms with Gasteiger partial charge in [-0.1, -0.05) is 18.2 Å². The van der Waals surface area contributed by atoms with Crippen molar-refractivity contribution in [3.05, 3.63) is 54.2 Å². The van der Waals surface area contributed by atoms with E-state index in [-0.39, 0.29) is 0 Å². The van der Waals surface area contributed by atoms with Gasteiger partial charge in [0, 0.05) is 47.4 Å². The minimum atomic E-state index is -0.726. The van der Waals surface area contributed by atoms with Crippen LogP contribution in [0.25, 0.3) is 10.9 Å². The number of aromatic amines is 1. The number of carbonyl (C=O) groups is 3. The summed E-state index contributed by atoms with van der Waals surface area (Å²) in [6.45, 7) is -0.394. The predicted octanol–water partition coefficient (Wildman–Crippen LogP) is 2.29. The molecule has 9 heteroatoms. The average Bonchev–Trinajstić information content (AvgIpc) is 3.29. The number of H-pyrrole nitrogens is 1. The molecular formula is C22H22N4O5. The number of anilines is 1. The number of carbonyl (C=O) groups excluding carboxylic acids is 3. The monoisotopic (exact) mass is 422 g/mol. The molecule has 2 heterocycles. The van der Waals surface area contributed by atoms with Crippen LogP contribution in [0.4, 0.5) is 10.5 Å². The molecule has 1 aliphatic heterocycles. The first-order valence-corrected chi connectivity index (χ1v) is 9.68. The molecular weight excluding hydrogens is 400 g/mol. The molecule has 1 atom stereocenters. The van der Waals surface area contributed by atoms with Gasteiger partial charge < -0.3 is 25.1 Å². The Balaban J connectivity index is 1.43. The first-order chi connectivity index (χ1) is 15.0. The zero-order valence-corrected chi connectivity index (χ0v) is 17.1. The Kier molecular flexibility index (Phi) is 5.48. The summed E-state index contributed by atoms with van der Waals surface area (Å²) in [6, 6.07) is 11.3. The third-order valence-electron chi connectivity index (χ3n) is 5.14. The molecule has 0 radical (unpaired) electrons. The van der Waals surface area contributed by atoms with Crippen molar-refractivity contribution in [3.8, 4) is 11.5 Å². The maximum absolute atomic E-state index is 12.8. The highest BCUT2D eigenvalue weighted by molar-refractivity contribution is 6.08. The molecule has 3 N–H and O–H groups in total. The highest BCUT2D eigenvalue weighted by Crippen LogP contribution is 2.26. The lowest BCUT2D eigenvalue weighted by Gasteiger charge is -2.14. The Morgan fingerprint density at radius 1 is 1.10 bits per heavy atom. The molecule has 160 valence electrons. The molecule has 9 nitrogen and oxygen atoms in total. The summed E-state index contributed by atoms with van der Waals surface area (Å²) in [7, 11) is 3.00. The van der Waals surface area contributed by atoms with Crippen molar-refractivity contribution < 1.29 is 23.9 Å². The molecule has 1 aromatic heterocycles. The third-order valence-corrected chi connectivity index (χ3v) is 5.14. The van der Waals surface area contributed by atoms with Crippen LogP contribution < -0.4 is 20.1 Å². The van der Waals surface area contributed by atoms with Gasteiger partial charge in [-0.15, -0.1) is 0 Å². The van der Waals surface area contributed by atoms with Gasteiger partial charge in [-0.05, 0) is 11.6 Å². The quantitative estimate of drug-likeness (QED) is 0.506. The van der Waals surface area contributed by atoms with E-state index in [4.69, 9.17) is 9.47 Å². The first kappa shape index (κ1) is 20.3. The average molecular weight is 422 g/mol. The number of benzene rings is 2. The molecule has 0 spiro atoms. The van der Waals surface area contributed by atoms with Crippen LogP contribution in [-0.2, 0) is 16.0 Å². The Labute approximate surface area is 178 Å². The zero-order chi connectivity index (χ0) is 22.0. The number of methoxy groups -OCH3 is 2. The van der Waals surface area contributed by atoms with E-state index in [1.165, 1.54) is 14.2 Å². The number of hydrogen-bond donors (Lipinski definition) is 3. The van der Waals surface area contributed by atoms with Crippen LogP contribution in [0.5, 0.6) is 11.5 Å². The number of nitrogens with zero attached hydrogens (tertiary/aromatic N) is 1. The van der Waals surface area contributed by atoms with Crippen LogP contribution in [-0.4, -0.2) is 54.5 Å². The van der Waals surface area contributed by atoms with E-state index >= 15 is 0 Å². The van der Waals surface area contributed by atoms with Gasteiger partial charge in [-0.3, -0.25) is 14.5 Å². The van der Waals surface area contributed by atoms with E-state index in [1.54, 1.807) is 18.2 Å². The van der Waals surface area contributed by atoms with Gasteiger partial charge in [-0.2, -0.15) is 0 Å². The van der Waals surface area contributed by atoms with E-state index in [0.717, 1.165) is 21.4 Å². The van der Waals surface area contributed by atoms with Gasteiger partial charge in [-0.25, -0.2) is 4.79 Å². The molecule has 3 aromatic rings. The maximum atomic E-state index is 12.8. The second-order valence-electron chi connectivity index (χ2n) is 7.14. The summed E-state index contributed by atoms with van der Waals surface area (Å²) >= 11 is 0. The van der Waals surface area contributed by atoms with Crippen molar-refractivity contribution in [1.82, 2.24) is 15.2 Å². The number of urea groups is 1. The number of ether oxygens (including phenoxy) is 2. The largest absolute Gasteiger partial charge is 0.497 e. The van der Waals surface area contributed by atoms with Crippen LogP contribution >= 0.6 is 0 Å². The fraction of sp³-hybridized carbons (Fsp3) is 0.227. The molecule has 1 aliphatic rings. The number of amides is 4. The van der Waals surface area contributed by atoms with Gasteiger partial charge >= 0.3 is 6.03 Å². The fourth-order valence-electron chi connectivity index (χ4n) is 3.61. The number of rotatable bonds is 7. The van der Waals surface area contributed by atoms with Gasteiger partial charge in [0.15, 0.2) is 0 Å². The van der Waals surface area contributed by atoms with E-state index < -0.39 is 30.4 Å². The summed E-state index contributed by atoms with van der Waals surface area (Å²) in [5, 5.41) is 6.33. The Bertz CT molecular complexity index is 1130. The molecule has 4 amide bonds. The topological polar surface area (TPSA) is 113 Å². The lowest BCUT2D eigenvalue weighted by molar-refractivity contribution is -0.130. The first-order valence-electron chi connectivity index (χ1n) is 9.68. The van der Waals surface area contributed by atoms with Gasteiger partial charge in [0.05, 0.1) is 14.2 Å². The normalized spacial score (nSPS) is 15.8. The number of hydrogen-bond acceptors (Lipinski definition) is 5. The van der Waals surface area contributed by atoms with Crippen molar-refractivity contribution in [1.29, 1.82) is 0 Å². The van der Waals surface area contributed by atoms with Crippen LogP contribution in [0.15, 0.2) is 48.7 Å². The molecule has 2 aromatic carbocycles. The fourth-order valence-corrected chi connectivity index (χ4v) is 3.61. The minimum absolute atomic E-state index is 0.333. The van der Waals surface area contributed by atoms with Crippen LogP contribution in [0.2, 0.25) is 0 Å². The van der Waals surface area contributed by atoms with Crippen molar-refractivity contribution in [3.63, 3.8) is 0 Å². The van der Waals surface area contributed by atoms with Crippen molar-refractivity contribution in [2.45, 2.75) is 12.5 Å². The molecule has 1 fully saturated rings. The van der Waals surface area contributed by atoms with Gasteiger partial charge in [0.25, 0.3) is 5.91 Å². The van der Waals surface area contributed by atoms with Crippen LogP contribution in [0.3, 0.4) is 0 Å². The molecule has 31 heavy (non-hydrogen) atoms. The number of imide groups is 1. The lowest BCUT2D eigenvalue weighted by Crippen LogP contribution is -2.38. The van der Waals surface area contributed by atoms with Gasteiger partial charge in [0.2, 0.25) is 5.91 Å². The van der Waals surface area contributed by atoms with E-state index in [0.29, 0.717) is 23.6 Å². The predicted molar refractivity (Wildman–Crippen MR) is 114 cm³/mol. The van der Waals surface area contributed by atoms with Crippen molar-refractivity contribution >= 4 is 34.4 Å². The van der Waals surface area contributed by atoms with Crippen LogP contribution in [0.1, 0.15) is 5.56 Å². The standard InChI is InChI=1S/C22H22N4O5/c1-30-15-8-14(9-16(10-15)31-2)24-20(27)12-26-21(28)19(25-22(26)29)7-13-11-23-18-6-4-3-5-17(13)18/h3-6,8-11,19,23H,7,12H2,1-2H3,(H,24,27)(H,25,29). The minimum Gasteiger partial charge on any atom is -0.497 e. The Morgan fingerprint density at radius 3 is 2.52 bits per heavy atom. The summed E-state index contributed by atoms with van der Waals surface area (Å²) in [5.74, 6) is 0.0621. The number of aromatic nitrogens is 1. The van der Waals surface area contributed by atoms with E-state index in [1.807, 2.05) is 30.5 Å². The highest BCUT2D eigenvalue weighted by atomic mass is 16.5. The van der Waals surface area contributed by atoms with E-state index in [9.17, 15) is 14.4 Å². The third kappa shape index (κ3) is 4.16.